The predicted molar refractivity (Wildman–Crippen MR) is 47.9 cm³/mol. The molecule has 72 valence electrons. The summed E-state index contributed by atoms with van der Waals surface area (Å²) in [6, 6.07) is 0. The van der Waals surface area contributed by atoms with Crippen LogP contribution in [0, 0.1) is 0 Å². The molecule has 0 unspecified atom stereocenters. The smallest absolute Gasteiger partial charge is 1.00 e. The van der Waals surface area contributed by atoms with Crippen molar-refractivity contribution in [2.24, 2.45) is 0 Å². The minimum atomic E-state index is 0. The van der Waals surface area contributed by atoms with Crippen molar-refractivity contribution in [1.82, 2.24) is 0 Å². The summed E-state index contributed by atoms with van der Waals surface area (Å²) in [5, 5.41) is 0. The average Bonchev–Trinajstić information content (AvgIpc) is 2.03. The topological polar surface area (TPSA) is 0 Å². The molecule has 0 aliphatic carbocycles. The Morgan fingerprint density at radius 2 is 1.08 bits per heavy atom. The van der Waals surface area contributed by atoms with Gasteiger partial charge in [-0.05, 0) is 0 Å². The van der Waals surface area contributed by atoms with Gasteiger partial charge in [-0.3, -0.25) is 0 Å². The van der Waals surface area contributed by atoms with Crippen molar-refractivity contribution in [2.75, 3.05) is 0 Å². The molecular weight excluding hydrogens is 239 g/mol. The maximum absolute atomic E-state index is 2.25. The van der Waals surface area contributed by atoms with Gasteiger partial charge in [0.15, 0.2) is 0 Å². The molecule has 0 N–H and O–H groups in total. The summed E-state index contributed by atoms with van der Waals surface area (Å²) in [5.74, 6) is 0. The third-order valence-corrected chi connectivity index (χ3v) is 2.19. The zero-order chi connectivity index (χ0) is 8.36. The molecule has 0 atom stereocenters. The van der Waals surface area contributed by atoms with E-state index in [4.69, 9.17) is 0 Å². The minimum absolute atomic E-state index is 0. The molecule has 0 saturated heterocycles. The van der Waals surface area contributed by atoms with Crippen molar-refractivity contribution < 1.29 is 44.0 Å². The van der Waals surface area contributed by atoms with Crippen LogP contribution >= 0.6 is 0 Å². The number of hydrogen-bond acceptors (Lipinski definition) is 0. The van der Waals surface area contributed by atoms with Crippen LogP contribution < -0.4 is 24.8 Å². The summed E-state index contributed by atoms with van der Waals surface area (Å²) in [6.07, 6.45) is 12.4. The second-order valence-electron chi connectivity index (χ2n) is 1.94. The molecule has 0 bridgehead atoms. The Balaban J connectivity index is -0.000000500. The van der Waals surface area contributed by atoms with E-state index in [9.17, 15) is 0 Å². The van der Waals surface area contributed by atoms with Crippen LogP contribution in [-0.2, 0) is 19.2 Å². The fraction of sp³-hybridized carbons (Fsp3) is 0.200. The van der Waals surface area contributed by atoms with Crippen molar-refractivity contribution in [3.05, 3.63) is 45.2 Å². The first-order valence-electron chi connectivity index (χ1n) is 3.73. The molecule has 0 radical (unpaired) electrons. The molecule has 0 heterocycles. The molecule has 0 spiro atoms. The van der Waals surface area contributed by atoms with Crippen molar-refractivity contribution in [2.45, 2.75) is 13.8 Å². The summed E-state index contributed by atoms with van der Waals surface area (Å²) in [6.45, 7) is 4.06. The molecule has 0 aromatic carbocycles. The first-order chi connectivity index (χ1) is 5.41. The van der Waals surface area contributed by atoms with E-state index in [1.54, 1.807) is 0 Å². The summed E-state index contributed by atoms with van der Waals surface area (Å²) >= 11 is 0.0172. The molecule has 3 heteroatoms. The Bertz CT molecular complexity index is 161. The Morgan fingerprint density at radius 3 is 1.38 bits per heavy atom. The standard InChI is InChI=1S/2C5H7.2ClH.Ti/c2*1-3-5-4-2;;;/h2*1,3-5H,2H3;2*1H;/q;;;;+2/p-2/b2*3-1?,5-4+;;;. The Kier molecular flexibility index (Phi) is 26.4. The normalized spacial score (nSPS) is 10.6. The van der Waals surface area contributed by atoms with Crippen LogP contribution in [0.25, 0.3) is 0 Å². The third-order valence-electron chi connectivity index (χ3n) is 0.992. The van der Waals surface area contributed by atoms with Gasteiger partial charge in [0.05, 0.1) is 0 Å². The number of rotatable bonds is 4. The van der Waals surface area contributed by atoms with Gasteiger partial charge >= 0.3 is 78.2 Å². The van der Waals surface area contributed by atoms with Crippen LogP contribution in [0.15, 0.2) is 45.2 Å². The second-order valence-corrected chi connectivity index (χ2v) is 3.50. The Morgan fingerprint density at radius 1 is 0.692 bits per heavy atom. The molecule has 0 amide bonds. The molecule has 0 saturated carbocycles. The molecule has 0 aliphatic rings. The first kappa shape index (κ1) is 18.9. The zero-order valence-electron chi connectivity index (χ0n) is 7.87. The number of allylic oxidation sites excluding steroid dienone is 6. The van der Waals surface area contributed by atoms with Crippen LogP contribution in [0.5, 0.6) is 0 Å². The van der Waals surface area contributed by atoms with E-state index in [0.29, 0.717) is 0 Å². The van der Waals surface area contributed by atoms with Crippen LogP contribution in [0.2, 0.25) is 0 Å². The van der Waals surface area contributed by atoms with Crippen molar-refractivity contribution in [3.8, 4) is 0 Å². The maximum Gasteiger partial charge on any atom is -1.00 e. The van der Waals surface area contributed by atoms with Gasteiger partial charge in [-0.2, -0.15) is 0 Å². The Labute approximate surface area is 103 Å². The van der Waals surface area contributed by atoms with Crippen molar-refractivity contribution in [1.29, 1.82) is 0 Å². The van der Waals surface area contributed by atoms with E-state index in [1.165, 1.54) is 0 Å². The molecule has 0 aromatic heterocycles. The minimum Gasteiger partial charge on any atom is -1.00 e. The average molecular weight is 253 g/mol. The van der Waals surface area contributed by atoms with E-state index < -0.39 is 0 Å². The fourth-order valence-corrected chi connectivity index (χ4v) is 1.37. The van der Waals surface area contributed by atoms with E-state index in [-0.39, 0.29) is 44.0 Å². The van der Waals surface area contributed by atoms with E-state index in [2.05, 4.69) is 33.1 Å². The van der Waals surface area contributed by atoms with E-state index >= 15 is 0 Å². The first-order valence-corrected chi connectivity index (χ1v) is 5.54. The van der Waals surface area contributed by atoms with Gasteiger partial charge < -0.3 is 24.8 Å². The fourth-order valence-electron chi connectivity index (χ4n) is 0.500. The van der Waals surface area contributed by atoms with Crippen molar-refractivity contribution >= 4 is 0 Å². The molecule has 0 aliphatic heterocycles. The van der Waals surface area contributed by atoms with Gasteiger partial charge in [0.1, 0.15) is 0 Å². The van der Waals surface area contributed by atoms with Crippen molar-refractivity contribution in [3.63, 3.8) is 0 Å². The van der Waals surface area contributed by atoms with Crippen LogP contribution in [-0.4, -0.2) is 0 Å². The van der Waals surface area contributed by atoms with Gasteiger partial charge in [-0.25, -0.2) is 0 Å². The summed E-state index contributed by atoms with van der Waals surface area (Å²) in [7, 11) is 0. The third kappa shape index (κ3) is 18.9. The monoisotopic (exact) mass is 252 g/mol. The second kappa shape index (κ2) is 18.1. The van der Waals surface area contributed by atoms with Gasteiger partial charge in [0.25, 0.3) is 0 Å². The van der Waals surface area contributed by atoms with E-state index in [0.717, 1.165) is 0 Å². The summed E-state index contributed by atoms with van der Waals surface area (Å²) < 4.78 is 4.50. The van der Waals surface area contributed by atoms with Gasteiger partial charge in [0, 0.05) is 0 Å². The predicted octanol–water partition coefficient (Wildman–Crippen LogP) is -2.74. The van der Waals surface area contributed by atoms with Crippen LogP contribution in [0.3, 0.4) is 0 Å². The SMILES string of the molecule is C/C=C/C=[CH]/[Ti+2]/[CH]=C/C=C/C.[Cl-].[Cl-]. The number of hydrogen-bond donors (Lipinski definition) is 0. The van der Waals surface area contributed by atoms with Gasteiger partial charge in [0.2, 0.25) is 0 Å². The molecule has 13 heavy (non-hydrogen) atoms. The molecule has 0 nitrogen and oxygen atoms in total. The maximum atomic E-state index is 2.25. The number of halogens is 2. The summed E-state index contributed by atoms with van der Waals surface area (Å²) in [4.78, 5) is 0. The Hall–Kier alpha value is 0.254. The quantitative estimate of drug-likeness (QED) is 0.376. The van der Waals surface area contributed by atoms with Crippen LogP contribution in [0.1, 0.15) is 13.8 Å². The molecular formula is C10H14Cl2Ti. The summed E-state index contributed by atoms with van der Waals surface area (Å²) in [5.41, 5.74) is 0. The molecule has 0 fully saturated rings. The van der Waals surface area contributed by atoms with Gasteiger partial charge in [-0.1, -0.05) is 0 Å². The zero-order valence-corrected chi connectivity index (χ0v) is 10.9. The molecule has 0 aromatic rings. The van der Waals surface area contributed by atoms with E-state index in [1.807, 2.05) is 26.0 Å². The van der Waals surface area contributed by atoms with Crippen LogP contribution in [0.4, 0.5) is 0 Å². The van der Waals surface area contributed by atoms with Gasteiger partial charge in [-0.15, -0.1) is 0 Å². The largest absolute Gasteiger partial charge is 1.00 e. The molecule has 0 rings (SSSR count).